The Bertz CT molecular complexity index is 551. The number of aromatic nitrogens is 3. The molecule has 19 heavy (non-hydrogen) atoms. The van der Waals surface area contributed by atoms with Crippen LogP contribution in [0.15, 0.2) is 5.51 Å². The van der Waals surface area contributed by atoms with Crippen molar-refractivity contribution >= 4 is 33.7 Å². The molecule has 0 aliphatic heterocycles. The molecule has 2 heterocycles. The molecule has 8 heteroatoms. The maximum atomic E-state index is 11.9. The van der Waals surface area contributed by atoms with Gasteiger partial charge in [0.2, 0.25) is 10.1 Å². The van der Waals surface area contributed by atoms with Crippen LogP contribution in [0.3, 0.4) is 0 Å². The third-order valence-electron chi connectivity index (χ3n) is 2.40. The molecular formula is C11H15N5OS2. The first kappa shape index (κ1) is 13.9. The van der Waals surface area contributed by atoms with Crippen molar-refractivity contribution < 1.29 is 4.79 Å². The monoisotopic (exact) mass is 297 g/mol. The van der Waals surface area contributed by atoms with E-state index in [1.807, 2.05) is 6.92 Å². The van der Waals surface area contributed by atoms with Gasteiger partial charge in [0.15, 0.2) is 0 Å². The Balaban J connectivity index is 1.89. The summed E-state index contributed by atoms with van der Waals surface area (Å²) in [5.41, 5.74) is 2.72. The van der Waals surface area contributed by atoms with E-state index in [0.717, 1.165) is 23.5 Å². The molecule has 0 aliphatic carbocycles. The first-order valence-electron chi connectivity index (χ1n) is 5.95. The Kier molecular flexibility index (Phi) is 4.80. The van der Waals surface area contributed by atoms with E-state index in [1.54, 1.807) is 5.51 Å². The second-order valence-corrected chi connectivity index (χ2v) is 5.80. The minimum absolute atomic E-state index is 0.199. The largest absolute Gasteiger partial charge is 0.360 e. The molecule has 0 saturated heterocycles. The summed E-state index contributed by atoms with van der Waals surface area (Å²) >= 11 is 2.80. The van der Waals surface area contributed by atoms with Crippen LogP contribution >= 0.6 is 22.7 Å². The number of anilines is 1. The maximum absolute atomic E-state index is 11.9. The van der Waals surface area contributed by atoms with Gasteiger partial charge >= 0.3 is 0 Å². The topological polar surface area (TPSA) is 79.8 Å². The zero-order chi connectivity index (χ0) is 13.7. The summed E-state index contributed by atoms with van der Waals surface area (Å²) in [5.74, 6) is -0.199. The number of hydrogen-bond acceptors (Lipinski definition) is 7. The number of carbonyl (C=O) groups excluding carboxylic acids is 1. The summed E-state index contributed by atoms with van der Waals surface area (Å²) in [4.78, 5) is 17.1. The van der Waals surface area contributed by atoms with Gasteiger partial charge in [0.05, 0.1) is 17.7 Å². The fourth-order valence-electron chi connectivity index (χ4n) is 1.35. The van der Waals surface area contributed by atoms with E-state index < -0.39 is 0 Å². The van der Waals surface area contributed by atoms with Crippen LogP contribution in [0.4, 0.5) is 5.13 Å². The van der Waals surface area contributed by atoms with E-state index in [1.165, 1.54) is 22.7 Å². The highest BCUT2D eigenvalue weighted by Gasteiger charge is 2.13. The fourth-order valence-corrected chi connectivity index (χ4v) is 2.75. The van der Waals surface area contributed by atoms with Gasteiger partial charge in [-0.25, -0.2) is 4.98 Å². The predicted octanol–water partition coefficient (Wildman–Crippen LogP) is 2.05. The summed E-state index contributed by atoms with van der Waals surface area (Å²) in [6, 6.07) is 0. The SMILES string of the molecule is CCCNc1nnc(C(=O)NCc2scnc2C)s1. The number of thiazole rings is 1. The Morgan fingerprint density at radius 2 is 2.26 bits per heavy atom. The molecule has 2 N–H and O–H groups in total. The van der Waals surface area contributed by atoms with Crippen LogP contribution in [-0.2, 0) is 6.54 Å². The van der Waals surface area contributed by atoms with Crippen molar-refractivity contribution in [2.24, 2.45) is 0 Å². The number of aryl methyl sites for hydroxylation is 1. The lowest BCUT2D eigenvalue weighted by Gasteiger charge is -2.00. The predicted molar refractivity (Wildman–Crippen MR) is 76.7 cm³/mol. The van der Waals surface area contributed by atoms with Crippen LogP contribution in [0, 0.1) is 6.92 Å². The molecule has 1 amide bonds. The highest BCUT2D eigenvalue weighted by atomic mass is 32.1. The van der Waals surface area contributed by atoms with E-state index in [0.29, 0.717) is 16.7 Å². The van der Waals surface area contributed by atoms with Crippen LogP contribution in [0.2, 0.25) is 0 Å². The van der Waals surface area contributed by atoms with Crippen LogP contribution in [0.25, 0.3) is 0 Å². The van der Waals surface area contributed by atoms with Gasteiger partial charge in [-0.2, -0.15) is 0 Å². The van der Waals surface area contributed by atoms with Gasteiger partial charge in [0, 0.05) is 11.4 Å². The quantitative estimate of drug-likeness (QED) is 0.853. The first-order valence-corrected chi connectivity index (χ1v) is 7.65. The summed E-state index contributed by atoms with van der Waals surface area (Å²) in [6.45, 7) is 5.30. The molecule has 2 aromatic heterocycles. The second kappa shape index (κ2) is 6.58. The van der Waals surface area contributed by atoms with E-state index in [2.05, 4.69) is 32.7 Å². The van der Waals surface area contributed by atoms with E-state index in [-0.39, 0.29) is 5.91 Å². The number of nitrogens with zero attached hydrogens (tertiary/aromatic N) is 3. The van der Waals surface area contributed by atoms with E-state index in [4.69, 9.17) is 0 Å². The third-order valence-corrected chi connectivity index (χ3v) is 4.21. The average Bonchev–Trinajstić information content (AvgIpc) is 3.03. The van der Waals surface area contributed by atoms with Gasteiger partial charge in [-0.05, 0) is 13.3 Å². The Labute approximate surface area is 119 Å². The Morgan fingerprint density at radius 3 is 2.95 bits per heavy atom. The summed E-state index contributed by atoms with van der Waals surface area (Å²) < 4.78 is 0. The number of hydrogen-bond donors (Lipinski definition) is 2. The first-order chi connectivity index (χ1) is 9.20. The van der Waals surface area contributed by atoms with Gasteiger partial charge in [-0.15, -0.1) is 21.5 Å². The minimum atomic E-state index is -0.199. The lowest BCUT2D eigenvalue weighted by molar-refractivity contribution is 0.0950. The number of nitrogens with one attached hydrogen (secondary N) is 2. The standard InChI is InChI=1S/C11H15N5OS2/c1-3-4-12-11-16-15-10(19-11)9(17)13-5-8-7(2)14-6-18-8/h6H,3-5H2,1-2H3,(H,12,16)(H,13,17). The number of rotatable bonds is 6. The van der Waals surface area contributed by atoms with Crippen LogP contribution < -0.4 is 10.6 Å². The lowest BCUT2D eigenvalue weighted by atomic mass is 10.4. The lowest BCUT2D eigenvalue weighted by Crippen LogP contribution is -2.22. The highest BCUT2D eigenvalue weighted by Crippen LogP contribution is 2.16. The number of amides is 1. The van der Waals surface area contributed by atoms with Crippen molar-refractivity contribution in [1.29, 1.82) is 0 Å². The zero-order valence-electron chi connectivity index (χ0n) is 10.8. The molecule has 0 unspecified atom stereocenters. The average molecular weight is 297 g/mol. The normalized spacial score (nSPS) is 10.4. The molecule has 2 aromatic rings. The van der Waals surface area contributed by atoms with Gasteiger partial charge < -0.3 is 10.6 Å². The molecule has 2 rings (SSSR count). The maximum Gasteiger partial charge on any atom is 0.282 e. The molecule has 6 nitrogen and oxygen atoms in total. The van der Waals surface area contributed by atoms with Crippen LogP contribution in [-0.4, -0.2) is 27.6 Å². The van der Waals surface area contributed by atoms with Gasteiger partial charge in [0.1, 0.15) is 0 Å². The van der Waals surface area contributed by atoms with Crippen molar-refractivity contribution in [3.8, 4) is 0 Å². The van der Waals surface area contributed by atoms with Crippen molar-refractivity contribution in [2.45, 2.75) is 26.8 Å². The fraction of sp³-hybridized carbons (Fsp3) is 0.455. The van der Waals surface area contributed by atoms with E-state index in [9.17, 15) is 4.79 Å². The van der Waals surface area contributed by atoms with Crippen molar-refractivity contribution in [3.63, 3.8) is 0 Å². The van der Waals surface area contributed by atoms with Crippen molar-refractivity contribution in [1.82, 2.24) is 20.5 Å². The highest BCUT2D eigenvalue weighted by molar-refractivity contribution is 7.17. The zero-order valence-corrected chi connectivity index (χ0v) is 12.4. The molecule has 0 spiro atoms. The minimum Gasteiger partial charge on any atom is -0.360 e. The smallest absolute Gasteiger partial charge is 0.282 e. The molecule has 0 aromatic carbocycles. The molecule has 0 saturated carbocycles. The van der Waals surface area contributed by atoms with Crippen molar-refractivity contribution in [2.75, 3.05) is 11.9 Å². The number of carbonyl (C=O) groups is 1. The Morgan fingerprint density at radius 1 is 1.42 bits per heavy atom. The third kappa shape index (κ3) is 3.71. The summed E-state index contributed by atoms with van der Waals surface area (Å²) in [5, 5.41) is 14.8. The molecule has 102 valence electrons. The molecule has 0 bridgehead atoms. The van der Waals surface area contributed by atoms with Gasteiger partial charge in [-0.1, -0.05) is 18.3 Å². The summed E-state index contributed by atoms with van der Waals surface area (Å²) in [6.07, 6.45) is 1.01. The molecule has 0 fully saturated rings. The molecule has 0 radical (unpaired) electrons. The Hall–Kier alpha value is -1.54. The second-order valence-electron chi connectivity index (χ2n) is 3.88. The summed E-state index contributed by atoms with van der Waals surface area (Å²) in [7, 11) is 0. The van der Waals surface area contributed by atoms with Crippen molar-refractivity contribution in [3.05, 3.63) is 21.1 Å². The van der Waals surface area contributed by atoms with Crippen LogP contribution in [0.5, 0.6) is 0 Å². The van der Waals surface area contributed by atoms with Gasteiger partial charge in [-0.3, -0.25) is 4.79 Å². The molecule has 0 aliphatic rings. The van der Waals surface area contributed by atoms with Crippen LogP contribution in [0.1, 0.15) is 33.7 Å². The molecule has 0 atom stereocenters. The van der Waals surface area contributed by atoms with E-state index >= 15 is 0 Å². The van der Waals surface area contributed by atoms with Gasteiger partial charge in [0.25, 0.3) is 5.91 Å². The molecular weight excluding hydrogens is 282 g/mol.